The molecular weight excluding hydrogens is 306 g/mol. The Balaban J connectivity index is 1.86. The maximum absolute atomic E-state index is 13.2. The van der Waals surface area contributed by atoms with Crippen molar-refractivity contribution in [2.45, 2.75) is 6.54 Å². The summed E-state index contributed by atoms with van der Waals surface area (Å²) in [7, 11) is 0. The van der Waals surface area contributed by atoms with Gasteiger partial charge in [-0.05, 0) is 54.1 Å². The molecule has 3 aromatic carbocycles. The number of hydrogen-bond acceptors (Lipinski definition) is 0. The molecule has 24 heavy (non-hydrogen) atoms. The molecule has 0 fully saturated rings. The summed E-state index contributed by atoms with van der Waals surface area (Å²) in [5.41, 5.74) is 3.93. The van der Waals surface area contributed by atoms with Crippen LogP contribution in [0.1, 0.15) is 5.56 Å². The van der Waals surface area contributed by atoms with E-state index < -0.39 is 0 Å². The highest BCUT2D eigenvalue weighted by molar-refractivity contribution is 5.74. The first-order chi connectivity index (χ1) is 11.7. The van der Waals surface area contributed by atoms with Gasteiger partial charge in [-0.15, -0.1) is 0 Å². The number of nitrogens with zero attached hydrogens (tertiary/aromatic N) is 1. The summed E-state index contributed by atoms with van der Waals surface area (Å²) < 4.78 is 28.5. The zero-order chi connectivity index (χ0) is 16.5. The maximum atomic E-state index is 13.2. The lowest BCUT2D eigenvalue weighted by Gasteiger charge is -2.03. The average Bonchev–Trinajstić information content (AvgIpc) is 2.96. The van der Waals surface area contributed by atoms with Crippen LogP contribution in [-0.2, 0) is 6.54 Å². The number of nitrogens with one attached hydrogen (secondary N) is 1. The molecule has 4 heteroatoms. The maximum Gasteiger partial charge on any atom is 0.287 e. The van der Waals surface area contributed by atoms with E-state index in [2.05, 4.69) is 9.55 Å². The molecule has 0 aliphatic rings. The number of aromatic amines is 1. The van der Waals surface area contributed by atoms with Crippen LogP contribution in [0.2, 0.25) is 0 Å². The van der Waals surface area contributed by atoms with Gasteiger partial charge < -0.3 is 0 Å². The molecule has 0 unspecified atom stereocenters. The molecule has 0 amide bonds. The van der Waals surface area contributed by atoms with E-state index in [4.69, 9.17) is 0 Å². The van der Waals surface area contributed by atoms with E-state index in [1.54, 1.807) is 24.3 Å². The molecule has 2 nitrogen and oxygen atoms in total. The van der Waals surface area contributed by atoms with E-state index in [0.29, 0.717) is 6.54 Å². The Kier molecular flexibility index (Phi) is 3.58. The van der Waals surface area contributed by atoms with Gasteiger partial charge in [0.15, 0.2) is 11.0 Å². The van der Waals surface area contributed by atoms with E-state index in [-0.39, 0.29) is 11.6 Å². The van der Waals surface area contributed by atoms with Crippen molar-refractivity contribution in [2.75, 3.05) is 0 Å². The Labute approximate surface area is 138 Å². The summed E-state index contributed by atoms with van der Waals surface area (Å²) >= 11 is 0. The molecule has 0 aliphatic heterocycles. The van der Waals surface area contributed by atoms with E-state index in [1.165, 1.54) is 24.3 Å². The molecule has 0 saturated carbocycles. The Morgan fingerprint density at radius 1 is 0.750 bits per heavy atom. The van der Waals surface area contributed by atoms with Crippen molar-refractivity contribution in [3.8, 4) is 11.4 Å². The van der Waals surface area contributed by atoms with Gasteiger partial charge in [-0.25, -0.2) is 18.3 Å². The average molecular weight is 321 g/mol. The minimum absolute atomic E-state index is 0.249. The predicted molar refractivity (Wildman–Crippen MR) is 89.4 cm³/mol. The molecule has 0 bridgehead atoms. The molecule has 0 saturated heterocycles. The molecule has 118 valence electrons. The third-order valence-electron chi connectivity index (χ3n) is 4.09. The van der Waals surface area contributed by atoms with Crippen molar-refractivity contribution >= 4 is 11.0 Å². The van der Waals surface area contributed by atoms with Crippen LogP contribution in [0.5, 0.6) is 0 Å². The molecule has 0 spiro atoms. The fourth-order valence-electron chi connectivity index (χ4n) is 2.90. The van der Waals surface area contributed by atoms with Crippen molar-refractivity contribution in [1.82, 2.24) is 4.98 Å². The quantitative estimate of drug-likeness (QED) is 0.538. The molecule has 0 atom stereocenters. The minimum atomic E-state index is -0.264. The monoisotopic (exact) mass is 321 g/mol. The van der Waals surface area contributed by atoms with Crippen molar-refractivity contribution in [1.29, 1.82) is 0 Å². The highest BCUT2D eigenvalue weighted by Gasteiger charge is 2.20. The van der Waals surface area contributed by atoms with Gasteiger partial charge in [0.25, 0.3) is 5.82 Å². The molecular formula is C20H15F2N2+. The Morgan fingerprint density at radius 2 is 1.38 bits per heavy atom. The lowest BCUT2D eigenvalue weighted by atomic mass is 10.2. The standard InChI is InChI=1S/C20H14F2N2/c21-16-9-5-14(6-10-16)13-24-19-4-2-1-3-18(19)23-20(24)15-7-11-17(22)12-8-15/h1-12H,13H2/p+1. The zero-order valence-electron chi connectivity index (χ0n) is 12.8. The first-order valence-electron chi connectivity index (χ1n) is 7.72. The number of para-hydroxylation sites is 2. The first kappa shape index (κ1) is 14.6. The van der Waals surface area contributed by atoms with E-state index in [1.807, 2.05) is 24.3 Å². The number of benzene rings is 3. The number of aromatic nitrogens is 2. The smallest absolute Gasteiger partial charge is 0.236 e. The van der Waals surface area contributed by atoms with E-state index >= 15 is 0 Å². The molecule has 0 radical (unpaired) electrons. The van der Waals surface area contributed by atoms with Gasteiger partial charge in [0.05, 0.1) is 5.56 Å². The second kappa shape index (κ2) is 5.89. The fraction of sp³-hybridized carbons (Fsp3) is 0.0500. The summed E-state index contributed by atoms with van der Waals surface area (Å²) in [6.07, 6.45) is 0. The summed E-state index contributed by atoms with van der Waals surface area (Å²) in [4.78, 5) is 3.40. The van der Waals surface area contributed by atoms with Gasteiger partial charge in [0.1, 0.15) is 18.2 Å². The summed E-state index contributed by atoms with van der Waals surface area (Å²) in [5, 5.41) is 0. The number of hydrogen-bond donors (Lipinski definition) is 1. The lowest BCUT2D eigenvalue weighted by Crippen LogP contribution is -2.35. The third kappa shape index (κ3) is 2.67. The van der Waals surface area contributed by atoms with Crippen LogP contribution in [-0.4, -0.2) is 4.98 Å². The van der Waals surface area contributed by atoms with Gasteiger partial charge in [-0.2, -0.15) is 0 Å². The van der Waals surface area contributed by atoms with Crippen molar-refractivity contribution in [3.63, 3.8) is 0 Å². The molecule has 1 N–H and O–H groups in total. The fourth-order valence-corrected chi connectivity index (χ4v) is 2.90. The number of rotatable bonds is 3. The number of halogens is 2. The van der Waals surface area contributed by atoms with Crippen LogP contribution in [0, 0.1) is 11.6 Å². The Morgan fingerprint density at radius 3 is 2.08 bits per heavy atom. The van der Waals surface area contributed by atoms with Crippen LogP contribution in [0.3, 0.4) is 0 Å². The van der Waals surface area contributed by atoms with E-state index in [0.717, 1.165) is 28.0 Å². The molecule has 0 aliphatic carbocycles. The van der Waals surface area contributed by atoms with Crippen molar-refractivity contribution < 1.29 is 13.3 Å². The normalized spacial score (nSPS) is 11.1. The number of fused-ring (bicyclic) bond motifs is 1. The topological polar surface area (TPSA) is 19.7 Å². The van der Waals surface area contributed by atoms with Crippen LogP contribution in [0.15, 0.2) is 72.8 Å². The first-order valence-corrected chi connectivity index (χ1v) is 7.72. The predicted octanol–water partition coefficient (Wildman–Crippen LogP) is 4.45. The van der Waals surface area contributed by atoms with Gasteiger partial charge in [-0.1, -0.05) is 24.3 Å². The van der Waals surface area contributed by atoms with E-state index in [9.17, 15) is 8.78 Å². The minimum Gasteiger partial charge on any atom is -0.236 e. The Hall–Kier alpha value is -3.01. The van der Waals surface area contributed by atoms with Crippen LogP contribution in [0.4, 0.5) is 8.78 Å². The zero-order valence-corrected chi connectivity index (χ0v) is 12.8. The molecule has 1 heterocycles. The highest BCUT2D eigenvalue weighted by atomic mass is 19.1. The number of imidazole rings is 1. The second-order valence-corrected chi connectivity index (χ2v) is 5.71. The van der Waals surface area contributed by atoms with Crippen LogP contribution < -0.4 is 4.57 Å². The Bertz CT molecular complexity index is 987. The summed E-state index contributed by atoms with van der Waals surface area (Å²) in [5.74, 6) is 0.377. The van der Waals surface area contributed by atoms with Crippen LogP contribution >= 0.6 is 0 Å². The SMILES string of the molecule is Fc1ccc(C[n+]2c(-c3ccc(F)cc3)[nH]c3ccccc32)cc1. The van der Waals surface area contributed by atoms with Gasteiger partial charge in [-0.3, -0.25) is 0 Å². The number of H-pyrrole nitrogens is 1. The van der Waals surface area contributed by atoms with Crippen molar-refractivity contribution in [2.24, 2.45) is 0 Å². The largest absolute Gasteiger partial charge is 0.287 e. The van der Waals surface area contributed by atoms with Gasteiger partial charge >= 0.3 is 0 Å². The third-order valence-corrected chi connectivity index (χ3v) is 4.09. The summed E-state index contributed by atoms with van der Waals surface area (Å²) in [6.45, 7) is 0.594. The summed E-state index contributed by atoms with van der Waals surface area (Å²) in [6, 6.07) is 20.9. The molecule has 1 aromatic heterocycles. The van der Waals surface area contributed by atoms with Gasteiger partial charge in [0, 0.05) is 0 Å². The lowest BCUT2D eigenvalue weighted by molar-refractivity contribution is -0.651. The molecule has 4 rings (SSSR count). The van der Waals surface area contributed by atoms with Crippen molar-refractivity contribution in [3.05, 3.63) is 90.0 Å². The molecule has 4 aromatic rings. The second-order valence-electron chi connectivity index (χ2n) is 5.71. The highest BCUT2D eigenvalue weighted by Crippen LogP contribution is 2.20. The van der Waals surface area contributed by atoms with Gasteiger partial charge in [0.2, 0.25) is 0 Å². The van der Waals surface area contributed by atoms with Crippen LogP contribution in [0.25, 0.3) is 22.4 Å².